The van der Waals surface area contributed by atoms with Crippen molar-refractivity contribution < 1.29 is 4.79 Å². The molecule has 2 N–H and O–H groups in total. The van der Waals surface area contributed by atoms with E-state index in [4.69, 9.17) is 5.73 Å². The average molecular weight is 185 g/mol. The summed E-state index contributed by atoms with van der Waals surface area (Å²) in [5.41, 5.74) is 5.75. The fourth-order valence-corrected chi connectivity index (χ4v) is 1.52. The van der Waals surface area contributed by atoms with Crippen molar-refractivity contribution in [3.05, 3.63) is 0 Å². The van der Waals surface area contributed by atoms with Crippen LogP contribution in [0.2, 0.25) is 0 Å². The van der Waals surface area contributed by atoms with Crippen LogP contribution >= 0.6 is 0 Å². The van der Waals surface area contributed by atoms with Crippen LogP contribution in [0.25, 0.3) is 0 Å². The second-order valence-corrected chi connectivity index (χ2v) is 3.96. The molecule has 0 bridgehead atoms. The van der Waals surface area contributed by atoms with Crippen LogP contribution in [-0.4, -0.2) is 55.5 Å². The van der Waals surface area contributed by atoms with E-state index in [1.165, 1.54) is 0 Å². The average Bonchev–Trinajstić information content (AvgIpc) is 2.04. The molecule has 1 amide bonds. The molecule has 0 aromatic heterocycles. The number of rotatable bonds is 2. The molecule has 4 nitrogen and oxygen atoms in total. The van der Waals surface area contributed by atoms with E-state index in [0.717, 1.165) is 25.9 Å². The summed E-state index contributed by atoms with van der Waals surface area (Å²) in [6.07, 6.45) is 1.89. The molecule has 4 heteroatoms. The maximum Gasteiger partial charge on any atom is 0.236 e. The molecule has 0 aliphatic carbocycles. The molecule has 1 heterocycles. The number of likely N-dealkylation sites (tertiary alicyclic amines) is 1. The van der Waals surface area contributed by atoms with Gasteiger partial charge in [0.05, 0.1) is 6.54 Å². The highest BCUT2D eigenvalue weighted by Crippen LogP contribution is 2.08. The molecule has 1 aliphatic rings. The Hall–Kier alpha value is -0.610. The van der Waals surface area contributed by atoms with Crippen LogP contribution in [-0.2, 0) is 4.79 Å². The molecule has 0 saturated carbocycles. The standard InChI is InChI=1S/C9H19N3O/c1-11(2)7-9(13)12-5-3-8(10)4-6-12/h8H,3-7,10H2,1-2H3. The Kier molecular flexibility index (Phi) is 3.69. The van der Waals surface area contributed by atoms with Gasteiger partial charge in [-0.2, -0.15) is 0 Å². The van der Waals surface area contributed by atoms with Gasteiger partial charge in [-0.25, -0.2) is 0 Å². The quantitative estimate of drug-likeness (QED) is 0.631. The molecule has 0 atom stereocenters. The highest BCUT2D eigenvalue weighted by molar-refractivity contribution is 5.78. The van der Waals surface area contributed by atoms with Gasteiger partial charge in [0.25, 0.3) is 0 Å². The van der Waals surface area contributed by atoms with Gasteiger partial charge in [-0.1, -0.05) is 0 Å². The van der Waals surface area contributed by atoms with Crippen molar-refractivity contribution in [3.8, 4) is 0 Å². The summed E-state index contributed by atoms with van der Waals surface area (Å²) in [5, 5.41) is 0. The molecule has 1 fully saturated rings. The second kappa shape index (κ2) is 4.58. The number of amides is 1. The van der Waals surface area contributed by atoms with Crippen molar-refractivity contribution in [2.24, 2.45) is 5.73 Å². The van der Waals surface area contributed by atoms with Gasteiger partial charge < -0.3 is 15.5 Å². The first-order chi connectivity index (χ1) is 6.09. The van der Waals surface area contributed by atoms with Crippen LogP contribution in [0.4, 0.5) is 0 Å². The normalized spacial score (nSPS) is 19.5. The summed E-state index contributed by atoms with van der Waals surface area (Å²) in [6, 6.07) is 0.295. The maximum atomic E-state index is 11.6. The van der Waals surface area contributed by atoms with E-state index in [-0.39, 0.29) is 5.91 Å². The largest absolute Gasteiger partial charge is 0.341 e. The number of carbonyl (C=O) groups is 1. The smallest absolute Gasteiger partial charge is 0.236 e. The Labute approximate surface area is 79.7 Å². The number of nitrogens with two attached hydrogens (primary N) is 1. The highest BCUT2D eigenvalue weighted by atomic mass is 16.2. The van der Waals surface area contributed by atoms with Crippen LogP contribution in [0, 0.1) is 0 Å². The van der Waals surface area contributed by atoms with Gasteiger partial charge in [-0.05, 0) is 26.9 Å². The van der Waals surface area contributed by atoms with E-state index in [2.05, 4.69) is 0 Å². The fraction of sp³-hybridized carbons (Fsp3) is 0.889. The maximum absolute atomic E-state index is 11.6. The summed E-state index contributed by atoms with van der Waals surface area (Å²) in [4.78, 5) is 15.4. The molecule has 1 rings (SSSR count). The molecular formula is C9H19N3O. The molecule has 0 aromatic carbocycles. The number of hydrogen-bond acceptors (Lipinski definition) is 3. The third-order valence-corrected chi connectivity index (χ3v) is 2.34. The number of piperidine rings is 1. The third kappa shape index (κ3) is 3.32. The fourth-order valence-electron chi connectivity index (χ4n) is 1.52. The Bertz CT molecular complexity index is 174. The predicted octanol–water partition coefficient (Wildman–Crippen LogP) is -0.502. The van der Waals surface area contributed by atoms with Crippen LogP contribution < -0.4 is 5.73 Å². The van der Waals surface area contributed by atoms with Crippen molar-refractivity contribution >= 4 is 5.91 Å². The van der Waals surface area contributed by atoms with Crippen molar-refractivity contribution in [3.63, 3.8) is 0 Å². The first kappa shape index (κ1) is 10.5. The monoisotopic (exact) mass is 185 g/mol. The molecule has 0 radical (unpaired) electrons. The van der Waals surface area contributed by atoms with Crippen LogP contribution in [0.1, 0.15) is 12.8 Å². The second-order valence-electron chi connectivity index (χ2n) is 3.96. The lowest BCUT2D eigenvalue weighted by Gasteiger charge is -2.30. The minimum absolute atomic E-state index is 0.219. The van der Waals surface area contributed by atoms with Gasteiger partial charge >= 0.3 is 0 Å². The van der Waals surface area contributed by atoms with Crippen molar-refractivity contribution in [2.75, 3.05) is 33.7 Å². The molecule has 13 heavy (non-hydrogen) atoms. The lowest BCUT2D eigenvalue weighted by atomic mass is 10.1. The summed E-state index contributed by atoms with van der Waals surface area (Å²) in [6.45, 7) is 2.16. The van der Waals surface area contributed by atoms with E-state index in [1.54, 1.807) is 0 Å². The summed E-state index contributed by atoms with van der Waals surface area (Å²) in [5.74, 6) is 0.219. The minimum Gasteiger partial charge on any atom is -0.341 e. The summed E-state index contributed by atoms with van der Waals surface area (Å²) >= 11 is 0. The van der Waals surface area contributed by atoms with E-state index >= 15 is 0 Å². The number of carbonyl (C=O) groups excluding carboxylic acids is 1. The van der Waals surface area contributed by atoms with E-state index in [0.29, 0.717) is 12.6 Å². The predicted molar refractivity (Wildman–Crippen MR) is 52.3 cm³/mol. The number of hydrogen-bond donors (Lipinski definition) is 1. The van der Waals surface area contributed by atoms with Crippen molar-refractivity contribution in [2.45, 2.75) is 18.9 Å². The lowest BCUT2D eigenvalue weighted by Crippen LogP contribution is -2.45. The lowest BCUT2D eigenvalue weighted by molar-refractivity contribution is -0.132. The summed E-state index contributed by atoms with van der Waals surface area (Å²) < 4.78 is 0. The molecule has 76 valence electrons. The van der Waals surface area contributed by atoms with Gasteiger partial charge in [0.15, 0.2) is 0 Å². The van der Waals surface area contributed by atoms with E-state index < -0.39 is 0 Å². The SMILES string of the molecule is CN(C)CC(=O)N1CCC(N)CC1. The molecule has 0 spiro atoms. The first-order valence-corrected chi connectivity index (χ1v) is 4.77. The zero-order chi connectivity index (χ0) is 9.84. The van der Waals surface area contributed by atoms with Gasteiger partial charge in [0.1, 0.15) is 0 Å². The first-order valence-electron chi connectivity index (χ1n) is 4.77. The van der Waals surface area contributed by atoms with E-state index in [1.807, 2.05) is 23.9 Å². The van der Waals surface area contributed by atoms with Gasteiger partial charge in [0.2, 0.25) is 5.91 Å². The van der Waals surface area contributed by atoms with Crippen LogP contribution in [0.15, 0.2) is 0 Å². The Morgan fingerprint density at radius 2 is 2.00 bits per heavy atom. The number of nitrogens with zero attached hydrogens (tertiary/aromatic N) is 2. The highest BCUT2D eigenvalue weighted by Gasteiger charge is 2.20. The zero-order valence-corrected chi connectivity index (χ0v) is 8.49. The van der Waals surface area contributed by atoms with Crippen molar-refractivity contribution in [1.82, 2.24) is 9.80 Å². The molecule has 1 aliphatic heterocycles. The summed E-state index contributed by atoms with van der Waals surface area (Å²) in [7, 11) is 3.82. The molecule has 1 saturated heterocycles. The Balaban J connectivity index is 2.31. The molecule has 0 aromatic rings. The third-order valence-electron chi connectivity index (χ3n) is 2.34. The molecule has 0 unspecified atom stereocenters. The number of likely N-dealkylation sites (N-methyl/N-ethyl adjacent to an activating group) is 1. The van der Waals surface area contributed by atoms with Crippen LogP contribution in [0.3, 0.4) is 0 Å². The topological polar surface area (TPSA) is 49.6 Å². The Morgan fingerprint density at radius 3 is 2.46 bits per heavy atom. The van der Waals surface area contributed by atoms with Gasteiger partial charge in [-0.3, -0.25) is 4.79 Å². The van der Waals surface area contributed by atoms with Crippen molar-refractivity contribution in [1.29, 1.82) is 0 Å². The van der Waals surface area contributed by atoms with Gasteiger partial charge in [0, 0.05) is 19.1 Å². The zero-order valence-electron chi connectivity index (χ0n) is 8.49. The Morgan fingerprint density at radius 1 is 1.46 bits per heavy atom. The minimum atomic E-state index is 0.219. The van der Waals surface area contributed by atoms with Crippen LogP contribution in [0.5, 0.6) is 0 Å². The van der Waals surface area contributed by atoms with Gasteiger partial charge in [-0.15, -0.1) is 0 Å². The van der Waals surface area contributed by atoms with E-state index in [9.17, 15) is 4.79 Å². The molecular weight excluding hydrogens is 166 g/mol.